The van der Waals surface area contributed by atoms with E-state index in [1.54, 1.807) is 0 Å². The topological polar surface area (TPSA) is 83.8 Å². The van der Waals surface area contributed by atoms with Crippen molar-refractivity contribution in [2.75, 3.05) is 0 Å². The SMILES string of the molecule is Cc1[nH]nc(C(=O)NN)c1C. The van der Waals surface area contributed by atoms with Crippen molar-refractivity contribution < 1.29 is 4.79 Å². The summed E-state index contributed by atoms with van der Waals surface area (Å²) in [5.74, 6) is 4.56. The van der Waals surface area contributed by atoms with Crippen LogP contribution in [0.4, 0.5) is 0 Å². The minimum Gasteiger partial charge on any atom is -0.289 e. The van der Waals surface area contributed by atoms with Crippen LogP contribution in [0, 0.1) is 13.8 Å². The van der Waals surface area contributed by atoms with Gasteiger partial charge in [0.15, 0.2) is 5.69 Å². The smallest absolute Gasteiger partial charge is 0.285 e. The molecule has 0 aromatic carbocycles. The third-order valence-electron chi connectivity index (χ3n) is 1.60. The number of carbonyl (C=O) groups excluding carboxylic acids is 1. The summed E-state index contributed by atoms with van der Waals surface area (Å²) in [7, 11) is 0. The highest BCUT2D eigenvalue weighted by Gasteiger charge is 2.11. The lowest BCUT2D eigenvalue weighted by Gasteiger charge is -1.94. The molecule has 60 valence electrons. The molecule has 11 heavy (non-hydrogen) atoms. The Hall–Kier alpha value is -1.36. The Morgan fingerprint density at radius 2 is 2.27 bits per heavy atom. The first-order valence-corrected chi connectivity index (χ1v) is 3.19. The lowest BCUT2D eigenvalue weighted by molar-refractivity contribution is 0.0948. The number of aromatic amines is 1. The average Bonchev–Trinajstić information content (AvgIpc) is 2.32. The summed E-state index contributed by atoms with van der Waals surface area (Å²) in [6, 6.07) is 0. The molecule has 0 aliphatic carbocycles. The number of nitrogens with one attached hydrogen (secondary N) is 2. The summed E-state index contributed by atoms with van der Waals surface area (Å²) in [5.41, 5.74) is 4.07. The zero-order valence-electron chi connectivity index (χ0n) is 6.43. The van der Waals surface area contributed by atoms with E-state index in [-0.39, 0.29) is 5.91 Å². The van der Waals surface area contributed by atoms with Crippen LogP contribution in [-0.4, -0.2) is 16.1 Å². The second-order valence-electron chi connectivity index (χ2n) is 2.30. The van der Waals surface area contributed by atoms with Gasteiger partial charge in [-0.3, -0.25) is 15.3 Å². The highest BCUT2D eigenvalue weighted by atomic mass is 16.2. The molecule has 1 rings (SSSR count). The average molecular weight is 154 g/mol. The number of nitrogens with zero attached hydrogens (tertiary/aromatic N) is 1. The van der Waals surface area contributed by atoms with Gasteiger partial charge in [-0.15, -0.1) is 0 Å². The van der Waals surface area contributed by atoms with E-state index in [1.165, 1.54) is 0 Å². The van der Waals surface area contributed by atoms with Crippen LogP contribution in [0.3, 0.4) is 0 Å². The molecule has 0 atom stereocenters. The predicted octanol–water partition coefficient (Wildman–Crippen LogP) is -0.370. The van der Waals surface area contributed by atoms with Gasteiger partial charge in [0.05, 0.1) is 0 Å². The molecule has 4 N–H and O–H groups in total. The maximum Gasteiger partial charge on any atom is 0.285 e. The fourth-order valence-electron chi connectivity index (χ4n) is 0.774. The molecule has 0 aliphatic rings. The number of rotatable bonds is 1. The molecule has 1 amide bonds. The number of nitrogens with two attached hydrogens (primary N) is 1. The van der Waals surface area contributed by atoms with Crippen LogP contribution >= 0.6 is 0 Å². The first kappa shape index (κ1) is 7.74. The molecule has 0 unspecified atom stereocenters. The van der Waals surface area contributed by atoms with Crippen molar-refractivity contribution in [3.05, 3.63) is 17.0 Å². The van der Waals surface area contributed by atoms with Crippen LogP contribution in [0.25, 0.3) is 0 Å². The first-order chi connectivity index (χ1) is 5.16. The van der Waals surface area contributed by atoms with Gasteiger partial charge >= 0.3 is 0 Å². The van der Waals surface area contributed by atoms with Gasteiger partial charge in [0.2, 0.25) is 0 Å². The Morgan fingerprint density at radius 1 is 1.64 bits per heavy atom. The summed E-state index contributed by atoms with van der Waals surface area (Å²) in [4.78, 5) is 10.9. The van der Waals surface area contributed by atoms with Crippen molar-refractivity contribution in [3.8, 4) is 0 Å². The van der Waals surface area contributed by atoms with Crippen LogP contribution in [-0.2, 0) is 0 Å². The summed E-state index contributed by atoms with van der Waals surface area (Å²) in [5, 5.41) is 6.45. The van der Waals surface area contributed by atoms with Crippen molar-refractivity contribution in [3.63, 3.8) is 0 Å². The molecule has 0 saturated carbocycles. The second-order valence-corrected chi connectivity index (χ2v) is 2.30. The molecule has 0 saturated heterocycles. The Labute approximate surface area is 63.9 Å². The molecule has 5 heteroatoms. The van der Waals surface area contributed by atoms with Gasteiger partial charge < -0.3 is 0 Å². The van der Waals surface area contributed by atoms with Crippen molar-refractivity contribution >= 4 is 5.91 Å². The van der Waals surface area contributed by atoms with Gasteiger partial charge in [0, 0.05) is 11.3 Å². The van der Waals surface area contributed by atoms with Gasteiger partial charge in [-0.1, -0.05) is 0 Å². The van der Waals surface area contributed by atoms with Crippen molar-refractivity contribution in [1.29, 1.82) is 0 Å². The summed E-state index contributed by atoms with van der Waals surface area (Å²) in [6.07, 6.45) is 0. The molecule has 0 aliphatic heterocycles. The lowest BCUT2D eigenvalue weighted by Crippen LogP contribution is -2.30. The quantitative estimate of drug-likeness (QED) is 0.293. The number of hydrazine groups is 1. The van der Waals surface area contributed by atoms with E-state index in [1.807, 2.05) is 19.3 Å². The second kappa shape index (κ2) is 2.71. The zero-order valence-corrected chi connectivity index (χ0v) is 6.43. The largest absolute Gasteiger partial charge is 0.289 e. The van der Waals surface area contributed by atoms with Gasteiger partial charge in [0.25, 0.3) is 5.91 Å². The maximum atomic E-state index is 10.9. The van der Waals surface area contributed by atoms with Crippen molar-refractivity contribution in [2.24, 2.45) is 5.84 Å². The number of hydrogen-bond acceptors (Lipinski definition) is 3. The van der Waals surface area contributed by atoms with E-state index in [2.05, 4.69) is 10.2 Å². The number of amides is 1. The first-order valence-electron chi connectivity index (χ1n) is 3.19. The van der Waals surface area contributed by atoms with Crippen LogP contribution in [0.15, 0.2) is 0 Å². The highest BCUT2D eigenvalue weighted by Crippen LogP contribution is 2.06. The standard InChI is InChI=1S/C6H10N4O/c1-3-4(2)9-10-5(3)6(11)8-7/h7H2,1-2H3,(H,8,11)(H,9,10). The van der Waals surface area contributed by atoms with Crippen molar-refractivity contribution in [1.82, 2.24) is 15.6 Å². The third-order valence-corrected chi connectivity index (χ3v) is 1.60. The summed E-state index contributed by atoms with van der Waals surface area (Å²) >= 11 is 0. The van der Waals surface area contributed by atoms with Crippen LogP contribution in [0.2, 0.25) is 0 Å². The number of hydrogen-bond donors (Lipinski definition) is 3. The molecule has 1 aromatic heterocycles. The minimum atomic E-state index is -0.369. The highest BCUT2D eigenvalue weighted by molar-refractivity contribution is 5.93. The van der Waals surface area contributed by atoms with Gasteiger partial charge in [-0.25, -0.2) is 5.84 Å². The van der Waals surface area contributed by atoms with E-state index in [0.29, 0.717) is 5.69 Å². The Bertz CT molecular complexity index is 278. The fraction of sp³-hybridized carbons (Fsp3) is 0.333. The lowest BCUT2D eigenvalue weighted by atomic mass is 10.2. The number of aryl methyl sites for hydroxylation is 1. The van der Waals surface area contributed by atoms with Crippen LogP contribution in [0.1, 0.15) is 21.7 Å². The fourth-order valence-corrected chi connectivity index (χ4v) is 0.774. The Morgan fingerprint density at radius 3 is 2.64 bits per heavy atom. The van der Waals surface area contributed by atoms with Gasteiger partial charge in [-0.2, -0.15) is 5.10 Å². The van der Waals surface area contributed by atoms with E-state index in [0.717, 1.165) is 11.3 Å². The van der Waals surface area contributed by atoms with E-state index >= 15 is 0 Å². The van der Waals surface area contributed by atoms with Crippen LogP contribution < -0.4 is 11.3 Å². The zero-order chi connectivity index (χ0) is 8.43. The van der Waals surface area contributed by atoms with Crippen LogP contribution in [0.5, 0.6) is 0 Å². The molecule has 0 bridgehead atoms. The van der Waals surface area contributed by atoms with E-state index in [4.69, 9.17) is 5.84 Å². The van der Waals surface area contributed by atoms with E-state index in [9.17, 15) is 4.79 Å². The summed E-state index contributed by atoms with van der Waals surface area (Å²) < 4.78 is 0. The number of H-pyrrole nitrogens is 1. The molecular weight excluding hydrogens is 144 g/mol. The molecule has 0 radical (unpaired) electrons. The molecule has 0 fully saturated rings. The molecular formula is C6H10N4O. The number of carbonyl (C=O) groups is 1. The van der Waals surface area contributed by atoms with Gasteiger partial charge in [0.1, 0.15) is 0 Å². The minimum absolute atomic E-state index is 0.352. The number of aromatic nitrogens is 2. The Kier molecular flexibility index (Phi) is 1.91. The Balaban J connectivity index is 3.04. The normalized spacial score (nSPS) is 9.73. The predicted molar refractivity (Wildman–Crippen MR) is 39.7 cm³/mol. The summed E-state index contributed by atoms with van der Waals surface area (Å²) in [6.45, 7) is 3.65. The third kappa shape index (κ3) is 1.22. The monoisotopic (exact) mass is 154 g/mol. The van der Waals surface area contributed by atoms with Gasteiger partial charge in [-0.05, 0) is 13.8 Å². The molecule has 5 nitrogen and oxygen atoms in total. The maximum absolute atomic E-state index is 10.9. The molecule has 1 aromatic rings. The van der Waals surface area contributed by atoms with E-state index < -0.39 is 0 Å². The molecule has 1 heterocycles. The van der Waals surface area contributed by atoms with Crippen molar-refractivity contribution in [2.45, 2.75) is 13.8 Å². The molecule has 0 spiro atoms. The number of nitrogen functional groups attached to an aromatic ring is 1.